The minimum absolute atomic E-state index is 0.148. The van der Waals surface area contributed by atoms with Crippen molar-refractivity contribution in [2.24, 2.45) is 0 Å². The van der Waals surface area contributed by atoms with Crippen LogP contribution in [-0.4, -0.2) is 5.91 Å². The molecule has 0 bridgehead atoms. The van der Waals surface area contributed by atoms with Crippen molar-refractivity contribution in [2.75, 3.05) is 5.32 Å². The summed E-state index contributed by atoms with van der Waals surface area (Å²) in [7, 11) is 0. The van der Waals surface area contributed by atoms with Crippen LogP contribution in [0.25, 0.3) is 0 Å². The molecule has 0 aliphatic rings. The molecule has 20 heavy (non-hydrogen) atoms. The molecule has 1 N–H and O–H groups in total. The van der Waals surface area contributed by atoms with E-state index in [1.807, 2.05) is 0 Å². The molecule has 0 fully saturated rings. The summed E-state index contributed by atoms with van der Waals surface area (Å²) in [5.41, 5.74) is 0.0264. The minimum atomic E-state index is -0.777. The Kier molecular flexibility index (Phi) is 4.62. The third-order valence-electron chi connectivity index (χ3n) is 2.42. The zero-order chi connectivity index (χ0) is 14.9. The number of carbonyl (C=O) groups is 1. The zero-order valence-corrected chi connectivity index (χ0v) is 12.8. The lowest BCUT2D eigenvalue weighted by Gasteiger charge is -2.08. The maximum Gasteiger partial charge on any atom is 0.258 e. The second-order valence-electron chi connectivity index (χ2n) is 3.83. The Morgan fingerprint density at radius 2 is 1.70 bits per heavy atom. The number of hydrogen-bond acceptors (Lipinski definition) is 1. The predicted molar refractivity (Wildman–Crippen MR) is 78.5 cm³/mol. The molecular weight excluding hydrogens is 375 g/mol. The van der Waals surface area contributed by atoms with Crippen LogP contribution in [0.15, 0.2) is 34.8 Å². The monoisotopic (exact) mass is 379 g/mol. The first-order valence-electron chi connectivity index (χ1n) is 5.29. The summed E-state index contributed by atoms with van der Waals surface area (Å²) >= 11 is 14.3. The largest absolute Gasteiger partial charge is 0.322 e. The topological polar surface area (TPSA) is 29.1 Å². The maximum absolute atomic E-state index is 13.6. The summed E-state index contributed by atoms with van der Waals surface area (Å²) in [4.78, 5) is 11.9. The van der Waals surface area contributed by atoms with Gasteiger partial charge in [0.1, 0.15) is 5.82 Å². The van der Waals surface area contributed by atoms with Gasteiger partial charge in [-0.15, -0.1) is 0 Å². The number of carbonyl (C=O) groups excluding carboxylic acids is 1. The highest BCUT2D eigenvalue weighted by Crippen LogP contribution is 2.27. The molecule has 0 spiro atoms. The molecule has 104 valence electrons. The van der Waals surface area contributed by atoms with Gasteiger partial charge in [0.2, 0.25) is 0 Å². The van der Waals surface area contributed by atoms with Crippen molar-refractivity contribution >= 4 is 50.7 Å². The third kappa shape index (κ3) is 3.29. The second kappa shape index (κ2) is 6.08. The molecule has 0 unspecified atom stereocenters. The molecule has 2 aromatic rings. The van der Waals surface area contributed by atoms with Gasteiger partial charge >= 0.3 is 0 Å². The van der Waals surface area contributed by atoms with E-state index in [4.69, 9.17) is 23.2 Å². The number of hydrogen-bond donors (Lipinski definition) is 1. The van der Waals surface area contributed by atoms with Crippen LogP contribution in [0.2, 0.25) is 10.0 Å². The van der Waals surface area contributed by atoms with Crippen LogP contribution < -0.4 is 5.32 Å². The zero-order valence-electron chi connectivity index (χ0n) is 9.68. The molecule has 2 nitrogen and oxygen atoms in total. The molecule has 0 aromatic heterocycles. The molecule has 2 rings (SSSR count). The van der Waals surface area contributed by atoms with E-state index in [0.717, 1.165) is 0 Å². The minimum Gasteiger partial charge on any atom is -0.322 e. The van der Waals surface area contributed by atoms with E-state index in [2.05, 4.69) is 21.2 Å². The summed E-state index contributed by atoms with van der Waals surface area (Å²) < 4.78 is 27.4. The summed E-state index contributed by atoms with van der Waals surface area (Å²) in [6, 6.07) is 6.40. The lowest BCUT2D eigenvalue weighted by atomic mass is 10.2. The number of nitrogens with one attached hydrogen (secondary N) is 1. The van der Waals surface area contributed by atoms with E-state index >= 15 is 0 Å². The van der Waals surface area contributed by atoms with Gasteiger partial charge in [-0.3, -0.25) is 4.79 Å². The van der Waals surface area contributed by atoms with Gasteiger partial charge < -0.3 is 5.32 Å². The van der Waals surface area contributed by atoms with E-state index in [1.54, 1.807) is 0 Å². The average Bonchev–Trinajstić information content (AvgIpc) is 2.35. The SMILES string of the molecule is O=C(Nc1cc(Cl)c(F)c(Cl)c1)c1ccc(Br)cc1F. The Morgan fingerprint density at radius 1 is 1.10 bits per heavy atom. The molecule has 0 saturated heterocycles. The van der Waals surface area contributed by atoms with Gasteiger partial charge in [-0.25, -0.2) is 8.78 Å². The molecule has 1 amide bonds. The average molecular weight is 381 g/mol. The molecule has 2 aromatic carbocycles. The highest BCUT2D eigenvalue weighted by Gasteiger charge is 2.14. The molecule has 0 aliphatic heterocycles. The molecular formula is C13H6BrCl2F2NO. The van der Waals surface area contributed by atoms with Crippen molar-refractivity contribution in [1.29, 1.82) is 0 Å². The quantitative estimate of drug-likeness (QED) is 0.705. The second-order valence-corrected chi connectivity index (χ2v) is 5.56. The van der Waals surface area contributed by atoms with Crippen molar-refractivity contribution in [3.8, 4) is 0 Å². The van der Waals surface area contributed by atoms with E-state index in [-0.39, 0.29) is 21.3 Å². The van der Waals surface area contributed by atoms with Gasteiger partial charge in [0.25, 0.3) is 5.91 Å². The van der Waals surface area contributed by atoms with Crippen LogP contribution in [0.1, 0.15) is 10.4 Å². The van der Waals surface area contributed by atoms with Gasteiger partial charge in [0.05, 0.1) is 15.6 Å². The number of anilines is 1. The van der Waals surface area contributed by atoms with Crippen LogP contribution in [-0.2, 0) is 0 Å². The number of rotatable bonds is 2. The first-order chi connectivity index (χ1) is 9.38. The first kappa shape index (κ1) is 15.2. The fraction of sp³-hybridized carbons (Fsp3) is 0. The van der Waals surface area contributed by atoms with E-state index < -0.39 is 17.5 Å². The molecule has 0 saturated carbocycles. The normalized spacial score (nSPS) is 10.4. The van der Waals surface area contributed by atoms with Crippen LogP contribution in [0.3, 0.4) is 0 Å². The van der Waals surface area contributed by atoms with Crippen molar-refractivity contribution < 1.29 is 13.6 Å². The van der Waals surface area contributed by atoms with Crippen LogP contribution in [0.4, 0.5) is 14.5 Å². The number of benzene rings is 2. The van der Waals surface area contributed by atoms with Gasteiger partial charge in [-0.2, -0.15) is 0 Å². The van der Waals surface area contributed by atoms with Crippen LogP contribution in [0, 0.1) is 11.6 Å². The van der Waals surface area contributed by atoms with Crippen molar-refractivity contribution in [3.05, 3.63) is 62.0 Å². The van der Waals surface area contributed by atoms with Crippen molar-refractivity contribution in [3.63, 3.8) is 0 Å². The molecule has 0 heterocycles. The summed E-state index contributed by atoms with van der Waals surface area (Å²) in [5.74, 6) is -2.15. The highest BCUT2D eigenvalue weighted by molar-refractivity contribution is 9.10. The van der Waals surface area contributed by atoms with Gasteiger partial charge in [0.15, 0.2) is 5.82 Å². The summed E-state index contributed by atoms with van der Waals surface area (Å²) in [6.07, 6.45) is 0. The van der Waals surface area contributed by atoms with Gasteiger partial charge in [-0.05, 0) is 30.3 Å². The van der Waals surface area contributed by atoms with Crippen molar-refractivity contribution in [1.82, 2.24) is 0 Å². The van der Waals surface area contributed by atoms with Crippen LogP contribution in [0.5, 0.6) is 0 Å². The number of amides is 1. The van der Waals surface area contributed by atoms with Crippen LogP contribution >= 0.6 is 39.1 Å². The molecule has 0 aliphatic carbocycles. The van der Waals surface area contributed by atoms with E-state index in [1.165, 1.54) is 30.3 Å². The molecule has 0 atom stereocenters. The van der Waals surface area contributed by atoms with Gasteiger partial charge in [-0.1, -0.05) is 39.1 Å². The highest BCUT2D eigenvalue weighted by atomic mass is 79.9. The maximum atomic E-state index is 13.6. The predicted octanol–water partition coefficient (Wildman–Crippen LogP) is 5.29. The number of halogens is 5. The Hall–Kier alpha value is -1.17. The third-order valence-corrected chi connectivity index (χ3v) is 3.46. The van der Waals surface area contributed by atoms with Gasteiger partial charge in [0, 0.05) is 10.2 Å². The molecule has 0 radical (unpaired) electrons. The Labute approximate surface area is 131 Å². The first-order valence-corrected chi connectivity index (χ1v) is 6.84. The smallest absolute Gasteiger partial charge is 0.258 e. The summed E-state index contributed by atoms with van der Waals surface area (Å²) in [5, 5.41) is 1.93. The lowest BCUT2D eigenvalue weighted by Crippen LogP contribution is -2.13. The molecule has 7 heteroatoms. The Morgan fingerprint density at radius 3 is 2.25 bits per heavy atom. The fourth-order valence-corrected chi connectivity index (χ4v) is 2.32. The van der Waals surface area contributed by atoms with E-state index in [9.17, 15) is 13.6 Å². The van der Waals surface area contributed by atoms with E-state index in [0.29, 0.717) is 4.47 Å². The summed E-state index contributed by atoms with van der Waals surface area (Å²) in [6.45, 7) is 0. The fourth-order valence-electron chi connectivity index (χ4n) is 1.50. The lowest BCUT2D eigenvalue weighted by molar-refractivity contribution is 0.102. The van der Waals surface area contributed by atoms with Crippen molar-refractivity contribution in [2.45, 2.75) is 0 Å². The Bertz CT molecular complexity index is 671. The standard InChI is InChI=1S/C13H6BrCl2F2NO/c14-6-1-2-8(11(17)3-6)13(20)19-7-4-9(15)12(18)10(16)5-7/h1-5H,(H,19,20). The Balaban J connectivity index is 2.28.